The lowest BCUT2D eigenvalue weighted by Crippen LogP contribution is -2.46. The number of halogens is 1. The number of anilines is 1. The van der Waals surface area contributed by atoms with E-state index < -0.39 is 0 Å². The van der Waals surface area contributed by atoms with Crippen molar-refractivity contribution in [2.45, 2.75) is 32.2 Å². The number of carbonyl (C=O) groups excluding carboxylic acids is 1. The van der Waals surface area contributed by atoms with Gasteiger partial charge in [0.05, 0.1) is 17.9 Å². The van der Waals surface area contributed by atoms with E-state index in [9.17, 15) is 10.1 Å². The number of carbonyl (C=O) groups is 1. The van der Waals surface area contributed by atoms with Gasteiger partial charge in [-0.2, -0.15) is 5.26 Å². The molecule has 1 atom stereocenters. The second-order valence-corrected chi connectivity index (χ2v) is 5.65. The maximum atomic E-state index is 12.1. The van der Waals surface area contributed by atoms with Crippen LogP contribution in [0.1, 0.15) is 31.7 Å². The molecule has 106 valence electrons. The van der Waals surface area contributed by atoms with Crippen LogP contribution in [0.4, 0.5) is 5.69 Å². The molecule has 1 aliphatic rings. The molecule has 0 bridgehead atoms. The van der Waals surface area contributed by atoms with Gasteiger partial charge in [-0.05, 0) is 44.4 Å². The summed E-state index contributed by atoms with van der Waals surface area (Å²) in [5.41, 5.74) is 1.39. The van der Waals surface area contributed by atoms with Crippen LogP contribution >= 0.6 is 15.9 Å². The second kappa shape index (κ2) is 6.76. The highest BCUT2D eigenvalue weighted by molar-refractivity contribution is 9.10. The third-order valence-corrected chi connectivity index (χ3v) is 3.94. The van der Waals surface area contributed by atoms with Crippen molar-refractivity contribution >= 4 is 27.6 Å². The molecule has 0 aromatic heterocycles. The number of rotatable bonds is 3. The van der Waals surface area contributed by atoms with Gasteiger partial charge in [-0.3, -0.25) is 0 Å². The zero-order valence-electron chi connectivity index (χ0n) is 11.4. The summed E-state index contributed by atoms with van der Waals surface area (Å²) in [7, 11) is 0. The summed E-state index contributed by atoms with van der Waals surface area (Å²) in [6.07, 6.45) is 2.80. The van der Waals surface area contributed by atoms with Gasteiger partial charge < -0.3 is 9.64 Å². The molecule has 4 nitrogen and oxygen atoms in total. The van der Waals surface area contributed by atoms with Crippen molar-refractivity contribution in [1.82, 2.24) is 0 Å². The average Bonchev–Trinajstić information content (AvgIpc) is 2.47. The van der Waals surface area contributed by atoms with Crippen molar-refractivity contribution in [3.05, 3.63) is 28.2 Å². The summed E-state index contributed by atoms with van der Waals surface area (Å²) in [4.78, 5) is 14.1. The fourth-order valence-electron chi connectivity index (χ4n) is 2.54. The summed E-state index contributed by atoms with van der Waals surface area (Å²) in [6.45, 7) is 2.96. The number of nitrogens with zero attached hydrogens (tertiary/aromatic N) is 2. The number of esters is 1. The van der Waals surface area contributed by atoms with Crippen molar-refractivity contribution in [3.63, 3.8) is 0 Å². The topological polar surface area (TPSA) is 53.3 Å². The van der Waals surface area contributed by atoms with Gasteiger partial charge in [-0.15, -0.1) is 0 Å². The Morgan fingerprint density at radius 2 is 2.35 bits per heavy atom. The minimum absolute atomic E-state index is 0.198. The molecule has 0 radical (unpaired) electrons. The Morgan fingerprint density at radius 3 is 3.05 bits per heavy atom. The van der Waals surface area contributed by atoms with Gasteiger partial charge in [0.1, 0.15) is 12.1 Å². The van der Waals surface area contributed by atoms with Crippen molar-refractivity contribution in [2.24, 2.45) is 0 Å². The zero-order chi connectivity index (χ0) is 14.5. The van der Waals surface area contributed by atoms with Gasteiger partial charge in [-0.25, -0.2) is 4.79 Å². The first-order chi connectivity index (χ1) is 9.67. The molecule has 1 aromatic carbocycles. The van der Waals surface area contributed by atoms with Crippen LogP contribution in [-0.4, -0.2) is 25.2 Å². The van der Waals surface area contributed by atoms with Crippen LogP contribution in [0.2, 0.25) is 0 Å². The van der Waals surface area contributed by atoms with E-state index in [-0.39, 0.29) is 12.0 Å². The Bertz CT molecular complexity index is 539. The Morgan fingerprint density at radius 1 is 1.55 bits per heavy atom. The number of benzene rings is 1. The molecule has 1 aliphatic heterocycles. The molecule has 1 aromatic rings. The van der Waals surface area contributed by atoms with Crippen molar-refractivity contribution in [1.29, 1.82) is 5.26 Å². The molecule has 1 saturated heterocycles. The van der Waals surface area contributed by atoms with Crippen LogP contribution < -0.4 is 4.90 Å². The van der Waals surface area contributed by atoms with Gasteiger partial charge in [0.25, 0.3) is 0 Å². The largest absolute Gasteiger partial charge is 0.464 e. The minimum Gasteiger partial charge on any atom is -0.464 e. The van der Waals surface area contributed by atoms with E-state index in [0.29, 0.717) is 12.2 Å². The van der Waals surface area contributed by atoms with E-state index in [1.54, 1.807) is 6.07 Å². The van der Waals surface area contributed by atoms with Crippen molar-refractivity contribution < 1.29 is 9.53 Å². The summed E-state index contributed by atoms with van der Waals surface area (Å²) >= 11 is 3.43. The van der Waals surface area contributed by atoms with Crippen LogP contribution in [0.15, 0.2) is 22.7 Å². The lowest BCUT2D eigenvalue weighted by Gasteiger charge is -2.36. The van der Waals surface area contributed by atoms with Gasteiger partial charge in [0.15, 0.2) is 0 Å². The number of ether oxygens (including phenoxy) is 1. The molecule has 20 heavy (non-hydrogen) atoms. The van der Waals surface area contributed by atoms with Crippen LogP contribution in [0.3, 0.4) is 0 Å². The number of nitriles is 1. The SMILES string of the molecule is CCOC(=O)C1CCCCN1c1cc(Br)ccc1C#N. The summed E-state index contributed by atoms with van der Waals surface area (Å²) in [5.74, 6) is -0.198. The van der Waals surface area contributed by atoms with E-state index in [1.807, 2.05) is 24.0 Å². The van der Waals surface area contributed by atoms with Gasteiger partial charge >= 0.3 is 5.97 Å². The van der Waals surface area contributed by atoms with E-state index >= 15 is 0 Å². The quantitative estimate of drug-likeness (QED) is 0.795. The average molecular weight is 337 g/mol. The standard InChI is InChI=1S/C15H17BrN2O2/c1-2-20-15(19)13-5-3-4-8-18(13)14-9-12(16)7-6-11(14)10-17/h6-7,9,13H,2-5,8H2,1H3. The highest BCUT2D eigenvalue weighted by atomic mass is 79.9. The zero-order valence-corrected chi connectivity index (χ0v) is 13.0. The molecule has 5 heteroatoms. The monoisotopic (exact) mass is 336 g/mol. The van der Waals surface area contributed by atoms with Gasteiger partial charge in [-0.1, -0.05) is 15.9 Å². The molecule has 0 amide bonds. The van der Waals surface area contributed by atoms with Crippen molar-refractivity contribution in [3.8, 4) is 6.07 Å². The lowest BCUT2D eigenvalue weighted by atomic mass is 10.00. The third kappa shape index (κ3) is 3.13. The van der Waals surface area contributed by atoms with E-state index in [4.69, 9.17) is 4.74 Å². The molecule has 0 aliphatic carbocycles. The number of piperidine rings is 1. The van der Waals surface area contributed by atoms with Crippen LogP contribution in [0, 0.1) is 11.3 Å². The van der Waals surface area contributed by atoms with Gasteiger partial charge in [0, 0.05) is 11.0 Å². The molecular formula is C15H17BrN2O2. The maximum Gasteiger partial charge on any atom is 0.328 e. The molecule has 0 N–H and O–H groups in total. The summed E-state index contributed by atoms with van der Waals surface area (Å²) < 4.78 is 6.06. The van der Waals surface area contributed by atoms with E-state index in [1.165, 1.54) is 0 Å². The summed E-state index contributed by atoms with van der Waals surface area (Å²) in [6, 6.07) is 7.42. The Kier molecular flexibility index (Phi) is 5.02. The number of hydrogen-bond acceptors (Lipinski definition) is 4. The van der Waals surface area contributed by atoms with E-state index in [2.05, 4.69) is 22.0 Å². The molecule has 2 rings (SSSR count). The van der Waals surface area contributed by atoms with Gasteiger partial charge in [0.2, 0.25) is 0 Å². The minimum atomic E-state index is -0.287. The first-order valence-corrected chi connectivity index (χ1v) is 7.59. The van der Waals surface area contributed by atoms with Crippen LogP contribution in [0.25, 0.3) is 0 Å². The first kappa shape index (κ1) is 14.9. The Labute approximate surface area is 127 Å². The molecule has 1 unspecified atom stereocenters. The molecule has 1 heterocycles. The second-order valence-electron chi connectivity index (χ2n) is 4.73. The normalized spacial score (nSPS) is 18.4. The smallest absolute Gasteiger partial charge is 0.328 e. The molecule has 0 spiro atoms. The Hall–Kier alpha value is -1.54. The fourth-order valence-corrected chi connectivity index (χ4v) is 2.89. The van der Waals surface area contributed by atoms with Crippen LogP contribution in [0.5, 0.6) is 0 Å². The number of hydrogen-bond donors (Lipinski definition) is 0. The van der Waals surface area contributed by atoms with Crippen LogP contribution in [-0.2, 0) is 9.53 Å². The maximum absolute atomic E-state index is 12.1. The molecule has 0 saturated carbocycles. The highest BCUT2D eigenvalue weighted by Crippen LogP contribution is 2.30. The fraction of sp³-hybridized carbons (Fsp3) is 0.467. The Balaban J connectivity index is 2.35. The lowest BCUT2D eigenvalue weighted by molar-refractivity contribution is -0.145. The molecule has 1 fully saturated rings. The third-order valence-electron chi connectivity index (χ3n) is 3.45. The predicted octanol–water partition coefficient (Wildman–Crippen LogP) is 3.24. The van der Waals surface area contributed by atoms with E-state index in [0.717, 1.165) is 36.0 Å². The predicted molar refractivity (Wildman–Crippen MR) is 80.5 cm³/mol. The molecular weight excluding hydrogens is 320 g/mol. The first-order valence-electron chi connectivity index (χ1n) is 6.80. The summed E-state index contributed by atoms with van der Waals surface area (Å²) in [5, 5.41) is 9.26. The highest BCUT2D eigenvalue weighted by Gasteiger charge is 2.31. The van der Waals surface area contributed by atoms with Crippen molar-refractivity contribution in [2.75, 3.05) is 18.1 Å².